The molecule has 5 nitrogen and oxygen atoms in total. The van der Waals surface area contributed by atoms with Crippen LogP contribution in [0.5, 0.6) is 5.75 Å². The van der Waals surface area contributed by atoms with Crippen molar-refractivity contribution in [3.63, 3.8) is 0 Å². The van der Waals surface area contributed by atoms with Gasteiger partial charge in [0.25, 0.3) is 0 Å². The number of phenols is 1. The minimum Gasteiger partial charge on any atom is -0.505 e. The maximum absolute atomic E-state index is 13.6. The molecule has 2 N–H and O–H groups in total. The summed E-state index contributed by atoms with van der Waals surface area (Å²) in [6.07, 6.45) is 4.24. The molecule has 0 amide bonds. The largest absolute Gasteiger partial charge is 0.505 e. The lowest BCUT2D eigenvalue weighted by molar-refractivity contribution is 0.104. The fourth-order valence-corrected chi connectivity index (χ4v) is 3.27. The van der Waals surface area contributed by atoms with Crippen LogP contribution in [0.15, 0.2) is 42.5 Å². The van der Waals surface area contributed by atoms with Crippen molar-refractivity contribution in [1.82, 2.24) is 9.97 Å². The topological polar surface area (TPSA) is 67.3 Å². The molecule has 1 unspecified atom stereocenters. The van der Waals surface area contributed by atoms with Crippen LogP contribution in [0.2, 0.25) is 0 Å². The second-order valence-electron chi connectivity index (χ2n) is 6.48. The fourth-order valence-electron chi connectivity index (χ4n) is 3.27. The summed E-state index contributed by atoms with van der Waals surface area (Å²) in [5, 5.41) is 13.4. The highest BCUT2D eigenvalue weighted by molar-refractivity contribution is 5.82. The summed E-state index contributed by atoms with van der Waals surface area (Å²) >= 11 is 0. The van der Waals surface area contributed by atoms with Crippen molar-refractivity contribution >= 4 is 22.5 Å². The second kappa shape index (κ2) is 7.25. The molecule has 1 saturated heterocycles. The Balaban J connectivity index is 1.62. The van der Waals surface area contributed by atoms with Crippen LogP contribution in [0.4, 0.5) is 16.0 Å². The van der Waals surface area contributed by atoms with E-state index in [0.717, 1.165) is 48.9 Å². The lowest BCUT2D eigenvalue weighted by atomic mass is 10.1. The third kappa shape index (κ3) is 3.60. The minimum atomic E-state index is -0.686. The quantitative estimate of drug-likeness (QED) is 0.668. The molecule has 134 valence electrons. The number of phenolic OH excluding ortho intramolecular Hbond substituents is 1. The van der Waals surface area contributed by atoms with Crippen LogP contribution < -0.4 is 5.32 Å². The summed E-state index contributed by atoms with van der Waals surface area (Å²) in [6.45, 7) is 0.842. The molecule has 2 heterocycles. The number of rotatable bonds is 5. The molecule has 0 bridgehead atoms. The Hall–Kier alpha value is -2.73. The monoisotopic (exact) mass is 353 g/mol. The highest BCUT2D eigenvalue weighted by Crippen LogP contribution is 2.25. The Morgan fingerprint density at radius 1 is 1.19 bits per heavy atom. The van der Waals surface area contributed by atoms with E-state index in [1.54, 1.807) is 6.07 Å². The fraction of sp³-hybridized carbons (Fsp3) is 0.300. The van der Waals surface area contributed by atoms with Gasteiger partial charge in [-0.05, 0) is 43.9 Å². The normalized spacial score (nSPS) is 16.9. The van der Waals surface area contributed by atoms with Crippen molar-refractivity contribution in [3.05, 3.63) is 54.0 Å². The first-order valence-electron chi connectivity index (χ1n) is 8.82. The molecule has 26 heavy (non-hydrogen) atoms. The number of aromatic nitrogens is 2. The van der Waals surface area contributed by atoms with E-state index in [4.69, 9.17) is 4.74 Å². The van der Waals surface area contributed by atoms with E-state index < -0.39 is 5.82 Å². The van der Waals surface area contributed by atoms with Crippen LogP contribution in [0.3, 0.4) is 0 Å². The predicted octanol–water partition coefficient (Wildman–Crippen LogP) is 4.33. The zero-order valence-corrected chi connectivity index (χ0v) is 14.3. The Morgan fingerprint density at radius 2 is 2.08 bits per heavy atom. The van der Waals surface area contributed by atoms with Crippen molar-refractivity contribution in [2.75, 3.05) is 11.9 Å². The van der Waals surface area contributed by atoms with Gasteiger partial charge >= 0.3 is 0 Å². The van der Waals surface area contributed by atoms with Gasteiger partial charge in [-0.25, -0.2) is 14.4 Å². The number of benzene rings is 2. The van der Waals surface area contributed by atoms with E-state index in [2.05, 4.69) is 15.3 Å². The summed E-state index contributed by atoms with van der Waals surface area (Å²) in [4.78, 5) is 9.17. The number of halogens is 1. The van der Waals surface area contributed by atoms with Crippen LogP contribution in [0.1, 0.15) is 25.0 Å². The smallest absolute Gasteiger partial charge is 0.228 e. The maximum Gasteiger partial charge on any atom is 0.228 e. The van der Waals surface area contributed by atoms with Gasteiger partial charge in [-0.15, -0.1) is 0 Å². The summed E-state index contributed by atoms with van der Waals surface area (Å²) in [6, 6.07) is 12.0. The molecule has 1 atom stereocenters. The van der Waals surface area contributed by atoms with Gasteiger partial charge in [-0.3, -0.25) is 0 Å². The molecule has 0 spiro atoms. The Bertz CT molecular complexity index is 926. The molecule has 1 aromatic heterocycles. The van der Waals surface area contributed by atoms with E-state index in [0.29, 0.717) is 17.7 Å². The first kappa shape index (κ1) is 16.7. The number of ether oxygens (including phenoxy) is 1. The van der Waals surface area contributed by atoms with Gasteiger partial charge in [0.2, 0.25) is 5.95 Å². The van der Waals surface area contributed by atoms with Gasteiger partial charge < -0.3 is 15.2 Å². The number of anilines is 2. The lowest BCUT2D eigenvalue weighted by Gasteiger charge is -2.12. The Morgan fingerprint density at radius 3 is 2.88 bits per heavy atom. The van der Waals surface area contributed by atoms with Gasteiger partial charge in [-0.2, -0.15) is 0 Å². The van der Waals surface area contributed by atoms with Gasteiger partial charge in [0.1, 0.15) is 0 Å². The van der Waals surface area contributed by atoms with Crippen LogP contribution in [0.25, 0.3) is 10.9 Å². The van der Waals surface area contributed by atoms with E-state index in [-0.39, 0.29) is 5.75 Å². The number of para-hydroxylation sites is 1. The molecule has 2 aromatic carbocycles. The van der Waals surface area contributed by atoms with Gasteiger partial charge in [0.15, 0.2) is 11.6 Å². The highest BCUT2D eigenvalue weighted by atomic mass is 19.1. The molecule has 3 aromatic rings. The second-order valence-corrected chi connectivity index (χ2v) is 6.48. The van der Waals surface area contributed by atoms with Gasteiger partial charge in [-0.1, -0.05) is 18.2 Å². The molecule has 0 saturated carbocycles. The van der Waals surface area contributed by atoms with Crippen molar-refractivity contribution in [1.29, 1.82) is 0 Å². The summed E-state index contributed by atoms with van der Waals surface area (Å²) < 4.78 is 19.3. The van der Waals surface area contributed by atoms with Crippen LogP contribution in [-0.2, 0) is 11.2 Å². The molecule has 0 aliphatic carbocycles. The highest BCUT2D eigenvalue weighted by Gasteiger charge is 2.17. The number of hydrogen-bond acceptors (Lipinski definition) is 5. The SMILES string of the molecule is Oc1ccc(Nc2nc(CCC3CCCO3)c3ccccc3n2)cc1F. The van der Waals surface area contributed by atoms with Crippen molar-refractivity contribution in [2.45, 2.75) is 31.8 Å². The Kier molecular flexibility index (Phi) is 4.67. The predicted molar refractivity (Wildman–Crippen MR) is 98.2 cm³/mol. The zero-order valence-electron chi connectivity index (χ0n) is 14.3. The molecule has 0 radical (unpaired) electrons. The standard InChI is InChI=1S/C20H20FN3O2/c21-16-12-13(7-10-19(16)25)22-20-23-17-6-2-1-5-15(17)18(24-20)9-8-14-4-3-11-26-14/h1-2,5-7,10,12,14,25H,3-4,8-9,11H2,(H,22,23,24). The van der Waals surface area contributed by atoms with E-state index in [1.807, 2.05) is 24.3 Å². The van der Waals surface area contributed by atoms with E-state index >= 15 is 0 Å². The molecule has 6 heteroatoms. The van der Waals surface area contributed by atoms with Gasteiger partial charge in [0, 0.05) is 23.7 Å². The van der Waals surface area contributed by atoms with Gasteiger partial charge in [0.05, 0.1) is 17.3 Å². The number of nitrogens with zero attached hydrogens (tertiary/aromatic N) is 2. The molecule has 1 aliphatic heterocycles. The number of fused-ring (bicyclic) bond motifs is 1. The molecular weight excluding hydrogens is 333 g/mol. The van der Waals surface area contributed by atoms with Crippen LogP contribution >= 0.6 is 0 Å². The zero-order chi connectivity index (χ0) is 17.9. The average Bonchev–Trinajstić information content (AvgIpc) is 3.16. The first-order valence-corrected chi connectivity index (χ1v) is 8.82. The van der Waals surface area contributed by atoms with E-state index in [9.17, 15) is 9.50 Å². The third-order valence-electron chi connectivity index (χ3n) is 4.61. The molecular formula is C20H20FN3O2. The minimum absolute atomic E-state index is 0.298. The third-order valence-corrected chi connectivity index (χ3v) is 4.61. The molecule has 1 aliphatic rings. The number of nitrogens with one attached hydrogen (secondary N) is 1. The lowest BCUT2D eigenvalue weighted by Crippen LogP contribution is -2.08. The Labute approximate surface area is 150 Å². The summed E-state index contributed by atoms with van der Waals surface area (Å²) in [5.74, 6) is -0.655. The number of aryl methyl sites for hydroxylation is 1. The van der Waals surface area contributed by atoms with Crippen molar-refractivity contribution in [2.24, 2.45) is 0 Å². The maximum atomic E-state index is 13.6. The molecule has 1 fully saturated rings. The average molecular weight is 353 g/mol. The van der Waals surface area contributed by atoms with Crippen LogP contribution in [-0.4, -0.2) is 27.8 Å². The number of aromatic hydroxyl groups is 1. The summed E-state index contributed by atoms with van der Waals surface area (Å²) in [7, 11) is 0. The van der Waals surface area contributed by atoms with Crippen LogP contribution in [0, 0.1) is 5.82 Å². The van der Waals surface area contributed by atoms with Crippen molar-refractivity contribution < 1.29 is 14.2 Å². The number of hydrogen-bond donors (Lipinski definition) is 2. The van der Waals surface area contributed by atoms with Crippen molar-refractivity contribution in [3.8, 4) is 5.75 Å². The van der Waals surface area contributed by atoms with E-state index in [1.165, 1.54) is 12.1 Å². The summed E-state index contributed by atoms with van der Waals surface area (Å²) in [5.41, 5.74) is 2.28. The molecule has 4 rings (SSSR count). The first-order chi connectivity index (χ1) is 12.7.